The molecule has 0 saturated carbocycles. The van der Waals surface area contributed by atoms with Crippen LogP contribution in [0.1, 0.15) is 34.8 Å². The van der Waals surface area contributed by atoms with E-state index in [2.05, 4.69) is 11.1 Å². The van der Waals surface area contributed by atoms with E-state index < -0.39 is 24.5 Å². The molecule has 2 amide bonds. The van der Waals surface area contributed by atoms with E-state index in [1.807, 2.05) is 0 Å². The molecule has 1 aromatic carbocycles. The van der Waals surface area contributed by atoms with Gasteiger partial charge in [0.1, 0.15) is 12.0 Å². The van der Waals surface area contributed by atoms with Crippen LogP contribution in [0.3, 0.4) is 0 Å². The van der Waals surface area contributed by atoms with Gasteiger partial charge in [0.25, 0.3) is 0 Å². The lowest BCUT2D eigenvalue weighted by Gasteiger charge is -2.24. The molecule has 2 aromatic rings. The molecular formula is C18H18N4O3. The molecule has 1 aliphatic rings. The fourth-order valence-corrected chi connectivity index (χ4v) is 3.24. The Morgan fingerprint density at radius 3 is 2.88 bits per heavy atom. The van der Waals surface area contributed by atoms with Crippen LogP contribution in [0.5, 0.6) is 0 Å². The van der Waals surface area contributed by atoms with Crippen LogP contribution in [-0.4, -0.2) is 46.0 Å². The molecule has 1 aromatic heterocycles. The highest BCUT2D eigenvalue weighted by atomic mass is 16.3. The Balaban J connectivity index is 2.05. The van der Waals surface area contributed by atoms with Crippen LogP contribution in [0, 0.1) is 11.3 Å². The second kappa shape index (κ2) is 6.87. The molecule has 7 nitrogen and oxygen atoms in total. The van der Waals surface area contributed by atoms with E-state index >= 15 is 0 Å². The number of nitrogens with two attached hydrogens (primary N) is 1. The molecule has 7 heteroatoms. The minimum absolute atomic E-state index is 0.255. The van der Waals surface area contributed by atoms with Crippen molar-refractivity contribution in [3.63, 3.8) is 0 Å². The van der Waals surface area contributed by atoms with Gasteiger partial charge in [0.05, 0.1) is 29.5 Å². The van der Waals surface area contributed by atoms with Crippen molar-refractivity contribution in [2.24, 2.45) is 5.73 Å². The summed E-state index contributed by atoms with van der Waals surface area (Å²) in [7, 11) is 0. The Kier molecular flexibility index (Phi) is 4.63. The maximum atomic E-state index is 12.8. The second-order valence-electron chi connectivity index (χ2n) is 6.03. The number of aliphatic hydroxyl groups is 1. The number of hydrogen-bond donors (Lipinski definition) is 2. The average Bonchev–Trinajstić information content (AvgIpc) is 3.10. The third-order valence-corrected chi connectivity index (χ3v) is 4.52. The van der Waals surface area contributed by atoms with Gasteiger partial charge in [-0.2, -0.15) is 5.26 Å². The second-order valence-corrected chi connectivity index (χ2v) is 6.03. The lowest BCUT2D eigenvalue weighted by molar-refractivity contribution is -0.133. The number of amides is 2. The van der Waals surface area contributed by atoms with E-state index in [0.29, 0.717) is 23.9 Å². The largest absolute Gasteiger partial charge is 0.395 e. The summed E-state index contributed by atoms with van der Waals surface area (Å²) in [5, 5.41) is 19.6. The van der Waals surface area contributed by atoms with Gasteiger partial charge in [-0.3, -0.25) is 14.6 Å². The predicted octanol–water partition coefficient (Wildman–Crippen LogP) is 0.924. The van der Waals surface area contributed by atoms with Crippen molar-refractivity contribution in [2.45, 2.75) is 24.8 Å². The van der Waals surface area contributed by atoms with Crippen LogP contribution >= 0.6 is 0 Å². The quantitative estimate of drug-likeness (QED) is 0.859. The molecule has 0 unspecified atom stereocenters. The molecule has 25 heavy (non-hydrogen) atoms. The Hall–Kier alpha value is -2.98. The number of aliphatic hydroxyl groups excluding tert-OH is 1. The van der Waals surface area contributed by atoms with Crippen molar-refractivity contribution in [1.29, 1.82) is 5.26 Å². The van der Waals surface area contributed by atoms with E-state index in [-0.39, 0.29) is 17.2 Å². The highest BCUT2D eigenvalue weighted by Crippen LogP contribution is 2.27. The molecular weight excluding hydrogens is 320 g/mol. The van der Waals surface area contributed by atoms with E-state index in [1.54, 1.807) is 24.3 Å². The van der Waals surface area contributed by atoms with Gasteiger partial charge >= 0.3 is 0 Å². The van der Waals surface area contributed by atoms with E-state index in [9.17, 15) is 20.0 Å². The number of pyridine rings is 1. The predicted molar refractivity (Wildman–Crippen MR) is 90.4 cm³/mol. The topological polar surface area (TPSA) is 120 Å². The minimum Gasteiger partial charge on any atom is -0.395 e. The number of likely N-dealkylation sites (tertiary alicyclic amines) is 1. The van der Waals surface area contributed by atoms with E-state index in [4.69, 9.17) is 5.73 Å². The molecule has 1 saturated heterocycles. The number of para-hydroxylation sites is 1. The van der Waals surface area contributed by atoms with E-state index in [0.717, 1.165) is 6.42 Å². The number of nitrogens with zero attached hydrogens (tertiary/aromatic N) is 3. The summed E-state index contributed by atoms with van der Waals surface area (Å²) in [5.41, 5.74) is 6.53. The molecule has 128 valence electrons. The van der Waals surface area contributed by atoms with Gasteiger partial charge in [0.2, 0.25) is 11.8 Å². The Morgan fingerprint density at radius 1 is 1.44 bits per heavy atom. The highest BCUT2D eigenvalue weighted by Gasteiger charge is 2.34. The molecule has 0 bridgehead atoms. The van der Waals surface area contributed by atoms with Crippen molar-refractivity contribution in [3.8, 4) is 6.07 Å². The molecule has 1 fully saturated rings. The van der Waals surface area contributed by atoms with Gasteiger partial charge in [0, 0.05) is 11.9 Å². The molecule has 2 atom stereocenters. The standard InChI is InChI=1S/C18H18N4O3/c19-9-11-4-3-7-22(11)18(25)14(10-23)16-8-13(17(20)24)12-5-1-2-6-15(12)21-16/h1-2,5-6,8,11,14,23H,3-4,7,10H2,(H2,20,24)/t11-,14-/m0/s1. The normalized spacial score (nSPS) is 18.1. The lowest BCUT2D eigenvalue weighted by Crippen LogP contribution is -2.39. The summed E-state index contributed by atoms with van der Waals surface area (Å²) in [5.74, 6) is -1.92. The summed E-state index contributed by atoms with van der Waals surface area (Å²) in [6.45, 7) is 0.0147. The third kappa shape index (κ3) is 3.04. The Labute approximate surface area is 144 Å². The first-order chi connectivity index (χ1) is 12.1. The number of carbonyl (C=O) groups excluding carboxylic acids is 2. The summed E-state index contributed by atoms with van der Waals surface area (Å²) < 4.78 is 0. The number of hydrogen-bond acceptors (Lipinski definition) is 5. The fourth-order valence-electron chi connectivity index (χ4n) is 3.24. The lowest BCUT2D eigenvalue weighted by atomic mass is 9.99. The zero-order valence-electron chi connectivity index (χ0n) is 13.6. The van der Waals surface area contributed by atoms with Crippen LogP contribution in [-0.2, 0) is 4.79 Å². The maximum Gasteiger partial charge on any atom is 0.249 e. The number of aromatic nitrogens is 1. The molecule has 3 rings (SSSR count). The first kappa shape index (κ1) is 16.9. The van der Waals surface area contributed by atoms with Gasteiger partial charge < -0.3 is 15.7 Å². The molecule has 1 aliphatic heterocycles. The van der Waals surface area contributed by atoms with Crippen molar-refractivity contribution in [1.82, 2.24) is 9.88 Å². The third-order valence-electron chi connectivity index (χ3n) is 4.52. The molecule has 0 aliphatic carbocycles. The van der Waals surface area contributed by atoms with Crippen LogP contribution in [0.2, 0.25) is 0 Å². The average molecular weight is 338 g/mol. The summed E-state index contributed by atoms with van der Waals surface area (Å²) >= 11 is 0. The van der Waals surface area contributed by atoms with Crippen molar-refractivity contribution in [3.05, 3.63) is 41.6 Å². The SMILES string of the molecule is N#C[C@@H]1CCCN1C(=O)[C@@H](CO)c1cc(C(N)=O)c2ccccc2n1. The molecule has 0 spiro atoms. The van der Waals surface area contributed by atoms with Crippen molar-refractivity contribution in [2.75, 3.05) is 13.2 Å². The fraction of sp³-hybridized carbons (Fsp3) is 0.333. The number of nitriles is 1. The van der Waals surface area contributed by atoms with Crippen LogP contribution < -0.4 is 5.73 Å². The number of rotatable bonds is 4. The minimum atomic E-state index is -0.934. The van der Waals surface area contributed by atoms with Gasteiger partial charge in [-0.1, -0.05) is 18.2 Å². The van der Waals surface area contributed by atoms with Gasteiger partial charge in [-0.25, -0.2) is 0 Å². The van der Waals surface area contributed by atoms with Gasteiger partial charge in [-0.05, 0) is 25.0 Å². The smallest absolute Gasteiger partial charge is 0.249 e. The summed E-state index contributed by atoms with van der Waals surface area (Å²) in [6, 6.07) is 10.1. The first-order valence-corrected chi connectivity index (χ1v) is 8.07. The van der Waals surface area contributed by atoms with Crippen LogP contribution in [0.4, 0.5) is 0 Å². The zero-order valence-corrected chi connectivity index (χ0v) is 13.6. The summed E-state index contributed by atoms with van der Waals surface area (Å²) in [4.78, 5) is 30.5. The van der Waals surface area contributed by atoms with Gasteiger partial charge in [0.15, 0.2) is 0 Å². The number of benzene rings is 1. The Morgan fingerprint density at radius 2 is 2.20 bits per heavy atom. The number of carbonyl (C=O) groups is 2. The molecule has 2 heterocycles. The number of fused-ring (bicyclic) bond motifs is 1. The highest BCUT2D eigenvalue weighted by molar-refractivity contribution is 6.05. The summed E-state index contributed by atoms with van der Waals surface area (Å²) in [6.07, 6.45) is 1.37. The van der Waals surface area contributed by atoms with Gasteiger partial charge in [-0.15, -0.1) is 0 Å². The van der Waals surface area contributed by atoms with E-state index in [1.165, 1.54) is 11.0 Å². The van der Waals surface area contributed by atoms with Crippen molar-refractivity contribution >= 4 is 22.7 Å². The number of primary amides is 1. The Bertz CT molecular complexity index is 874. The molecule has 3 N–H and O–H groups in total. The van der Waals surface area contributed by atoms with Crippen molar-refractivity contribution < 1.29 is 14.7 Å². The van der Waals surface area contributed by atoms with Crippen LogP contribution in [0.25, 0.3) is 10.9 Å². The zero-order chi connectivity index (χ0) is 18.0. The molecule has 0 radical (unpaired) electrons. The van der Waals surface area contributed by atoms with Crippen LogP contribution in [0.15, 0.2) is 30.3 Å². The maximum absolute atomic E-state index is 12.8. The monoisotopic (exact) mass is 338 g/mol. The first-order valence-electron chi connectivity index (χ1n) is 8.07.